The van der Waals surface area contributed by atoms with Crippen LogP contribution in [0.1, 0.15) is 24.8 Å². The summed E-state index contributed by atoms with van der Waals surface area (Å²) >= 11 is 0. The summed E-state index contributed by atoms with van der Waals surface area (Å²) in [6.07, 6.45) is 2.93. The van der Waals surface area contributed by atoms with Crippen LogP contribution in [0, 0.1) is 12.7 Å². The summed E-state index contributed by atoms with van der Waals surface area (Å²) in [5, 5.41) is 3.26. The second-order valence-electron chi connectivity index (χ2n) is 4.96. The number of nitrogens with one attached hydrogen (secondary N) is 2. The van der Waals surface area contributed by atoms with Crippen molar-refractivity contribution in [3.8, 4) is 0 Å². The largest absolute Gasteiger partial charge is 0.314 e. The molecule has 0 aromatic heterocycles. The number of hydrogen-bond acceptors (Lipinski definition) is 3. The van der Waals surface area contributed by atoms with Crippen molar-refractivity contribution in [3.05, 3.63) is 29.6 Å². The van der Waals surface area contributed by atoms with E-state index in [4.69, 9.17) is 0 Å². The van der Waals surface area contributed by atoms with Gasteiger partial charge in [0.2, 0.25) is 10.0 Å². The Labute approximate surface area is 113 Å². The number of anilines is 1. The predicted octanol–water partition coefficient (Wildman–Crippen LogP) is 2.02. The molecule has 1 aromatic rings. The fraction of sp³-hybridized carbons (Fsp3) is 0.538. The van der Waals surface area contributed by atoms with E-state index in [1.807, 2.05) is 0 Å². The van der Waals surface area contributed by atoms with Gasteiger partial charge in [-0.15, -0.1) is 0 Å². The minimum absolute atomic E-state index is 0.0443. The third-order valence-corrected chi connectivity index (χ3v) is 4.42. The SMILES string of the molecule is Cc1ccc(F)cc1NS(=O)(=O)CCCNC1CC1. The van der Waals surface area contributed by atoms with Crippen LogP contribution in [0.2, 0.25) is 0 Å². The van der Waals surface area contributed by atoms with E-state index in [1.54, 1.807) is 13.0 Å². The molecule has 106 valence electrons. The molecule has 2 N–H and O–H groups in total. The van der Waals surface area contributed by atoms with Crippen molar-refractivity contribution >= 4 is 15.7 Å². The fourth-order valence-electron chi connectivity index (χ4n) is 1.78. The summed E-state index contributed by atoms with van der Waals surface area (Å²) in [7, 11) is -3.41. The lowest BCUT2D eigenvalue weighted by Gasteiger charge is -2.10. The van der Waals surface area contributed by atoms with Gasteiger partial charge in [-0.05, 0) is 50.4 Å². The molecule has 0 unspecified atom stereocenters. The van der Waals surface area contributed by atoms with E-state index in [-0.39, 0.29) is 5.75 Å². The standard InChI is InChI=1S/C13H19FN2O2S/c1-10-3-4-11(14)9-13(10)16-19(17,18)8-2-7-15-12-5-6-12/h3-4,9,12,15-16H,2,5-8H2,1H3. The molecule has 0 heterocycles. The minimum atomic E-state index is -3.41. The van der Waals surface area contributed by atoms with Gasteiger partial charge in [0.1, 0.15) is 5.82 Å². The van der Waals surface area contributed by atoms with Crippen LogP contribution in [0.3, 0.4) is 0 Å². The zero-order chi connectivity index (χ0) is 13.9. The number of benzene rings is 1. The average Bonchev–Trinajstić information content (AvgIpc) is 3.13. The van der Waals surface area contributed by atoms with Gasteiger partial charge in [0.15, 0.2) is 0 Å². The molecular weight excluding hydrogens is 267 g/mol. The van der Waals surface area contributed by atoms with Gasteiger partial charge in [0, 0.05) is 6.04 Å². The zero-order valence-corrected chi connectivity index (χ0v) is 11.8. The van der Waals surface area contributed by atoms with Crippen LogP contribution in [-0.2, 0) is 10.0 Å². The lowest BCUT2D eigenvalue weighted by molar-refractivity contribution is 0.593. The third-order valence-electron chi connectivity index (χ3n) is 3.07. The number of aryl methyl sites for hydroxylation is 1. The zero-order valence-electron chi connectivity index (χ0n) is 10.9. The Balaban J connectivity index is 1.86. The van der Waals surface area contributed by atoms with Crippen LogP contribution in [0.4, 0.5) is 10.1 Å². The Bertz CT molecular complexity index is 542. The molecule has 0 spiro atoms. The Hall–Kier alpha value is -1.14. The van der Waals surface area contributed by atoms with Crippen LogP contribution in [0.15, 0.2) is 18.2 Å². The molecule has 0 bridgehead atoms. The molecule has 1 aromatic carbocycles. The minimum Gasteiger partial charge on any atom is -0.314 e. The maximum atomic E-state index is 13.1. The lowest BCUT2D eigenvalue weighted by atomic mass is 10.2. The highest BCUT2D eigenvalue weighted by atomic mass is 32.2. The molecule has 1 fully saturated rings. The second kappa shape index (κ2) is 5.88. The number of hydrogen-bond donors (Lipinski definition) is 2. The number of halogens is 1. The van der Waals surface area contributed by atoms with Crippen molar-refractivity contribution in [3.63, 3.8) is 0 Å². The molecule has 1 saturated carbocycles. The summed E-state index contributed by atoms with van der Waals surface area (Å²) in [4.78, 5) is 0. The molecule has 4 nitrogen and oxygen atoms in total. The first kappa shape index (κ1) is 14.3. The van der Waals surface area contributed by atoms with Gasteiger partial charge in [-0.3, -0.25) is 4.72 Å². The van der Waals surface area contributed by atoms with Crippen molar-refractivity contribution < 1.29 is 12.8 Å². The second-order valence-corrected chi connectivity index (χ2v) is 6.80. The van der Waals surface area contributed by atoms with E-state index >= 15 is 0 Å². The van der Waals surface area contributed by atoms with Crippen LogP contribution >= 0.6 is 0 Å². The van der Waals surface area contributed by atoms with Crippen molar-refractivity contribution in [2.24, 2.45) is 0 Å². The first-order valence-electron chi connectivity index (χ1n) is 6.46. The summed E-state index contributed by atoms with van der Waals surface area (Å²) < 4.78 is 39.2. The Morgan fingerprint density at radius 1 is 1.37 bits per heavy atom. The summed E-state index contributed by atoms with van der Waals surface area (Å²) in [6.45, 7) is 2.44. The van der Waals surface area contributed by atoms with E-state index in [0.29, 0.717) is 30.3 Å². The van der Waals surface area contributed by atoms with Crippen molar-refractivity contribution in [1.29, 1.82) is 0 Å². The summed E-state index contributed by atoms with van der Waals surface area (Å²) in [5.74, 6) is -0.401. The van der Waals surface area contributed by atoms with Gasteiger partial charge >= 0.3 is 0 Å². The van der Waals surface area contributed by atoms with Crippen LogP contribution in [0.5, 0.6) is 0 Å². The topological polar surface area (TPSA) is 58.2 Å². The van der Waals surface area contributed by atoms with Gasteiger partial charge in [-0.2, -0.15) is 0 Å². The smallest absolute Gasteiger partial charge is 0.232 e. The molecule has 19 heavy (non-hydrogen) atoms. The highest BCUT2D eigenvalue weighted by Crippen LogP contribution is 2.19. The van der Waals surface area contributed by atoms with Gasteiger partial charge in [0.05, 0.1) is 11.4 Å². The highest BCUT2D eigenvalue weighted by Gasteiger charge is 2.20. The van der Waals surface area contributed by atoms with E-state index < -0.39 is 15.8 Å². The average molecular weight is 286 g/mol. The normalized spacial score (nSPS) is 15.5. The van der Waals surface area contributed by atoms with Crippen molar-refractivity contribution in [2.75, 3.05) is 17.0 Å². The van der Waals surface area contributed by atoms with Gasteiger partial charge < -0.3 is 5.32 Å². The van der Waals surface area contributed by atoms with Gasteiger partial charge in [0.25, 0.3) is 0 Å². The van der Waals surface area contributed by atoms with Crippen molar-refractivity contribution in [1.82, 2.24) is 5.32 Å². The predicted molar refractivity (Wildman–Crippen MR) is 74.2 cm³/mol. The van der Waals surface area contributed by atoms with Crippen LogP contribution < -0.4 is 10.0 Å². The molecular formula is C13H19FN2O2S. The molecule has 2 rings (SSSR count). The Morgan fingerprint density at radius 3 is 2.79 bits per heavy atom. The molecule has 1 aliphatic carbocycles. The maximum Gasteiger partial charge on any atom is 0.232 e. The quantitative estimate of drug-likeness (QED) is 0.754. The summed E-state index contributed by atoms with van der Waals surface area (Å²) in [6, 6.07) is 4.66. The highest BCUT2D eigenvalue weighted by molar-refractivity contribution is 7.92. The fourth-order valence-corrected chi connectivity index (χ4v) is 2.96. The van der Waals surface area contributed by atoms with Crippen molar-refractivity contribution in [2.45, 2.75) is 32.2 Å². The molecule has 0 radical (unpaired) electrons. The Morgan fingerprint density at radius 2 is 2.11 bits per heavy atom. The molecule has 1 aliphatic rings. The molecule has 0 aliphatic heterocycles. The van der Waals surface area contributed by atoms with E-state index in [9.17, 15) is 12.8 Å². The first-order valence-corrected chi connectivity index (χ1v) is 8.11. The third kappa shape index (κ3) is 4.80. The summed E-state index contributed by atoms with van der Waals surface area (Å²) in [5.41, 5.74) is 1.02. The van der Waals surface area contributed by atoms with E-state index in [0.717, 1.165) is 0 Å². The molecule has 0 saturated heterocycles. The van der Waals surface area contributed by atoms with Gasteiger partial charge in [-0.25, -0.2) is 12.8 Å². The van der Waals surface area contributed by atoms with Crippen LogP contribution in [-0.4, -0.2) is 26.8 Å². The number of rotatable bonds is 7. The molecule has 6 heteroatoms. The maximum absolute atomic E-state index is 13.1. The molecule has 0 atom stereocenters. The van der Waals surface area contributed by atoms with Crippen LogP contribution in [0.25, 0.3) is 0 Å². The van der Waals surface area contributed by atoms with Gasteiger partial charge in [-0.1, -0.05) is 6.07 Å². The Kier molecular flexibility index (Phi) is 4.42. The molecule has 0 amide bonds. The first-order chi connectivity index (χ1) is 8.96. The van der Waals surface area contributed by atoms with E-state index in [2.05, 4.69) is 10.0 Å². The monoisotopic (exact) mass is 286 g/mol. The number of sulfonamides is 1. The lowest BCUT2D eigenvalue weighted by Crippen LogP contribution is -2.23. The van der Waals surface area contributed by atoms with E-state index in [1.165, 1.54) is 25.0 Å².